The van der Waals surface area contributed by atoms with E-state index in [1.165, 1.54) is 10.6 Å². The van der Waals surface area contributed by atoms with Crippen molar-refractivity contribution < 1.29 is 17.6 Å². The molecule has 1 aromatic heterocycles. The smallest absolute Gasteiger partial charge is 0.303 e. The van der Waals surface area contributed by atoms with E-state index in [0.29, 0.717) is 12.5 Å². The van der Waals surface area contributed by atoms with Gasteiger partial charge in [0.05, 0.1) is 12.2 Å². The van der Waals surface area contributed by atoms with Crippen molar-refractivity contribution in [3.63, 3.8) is 0 Å². The molecule has 0 saturated carbocycles. The van der Waals surface area contributed by atoms with Gasteiger partial charge in [0.25, 0.3) is 5.56 Å². The highest BCUT2D eigenvalue weighted by Gasteiger charge is 2.55. The molecule has 0 spiro atoms. The van der Waals surface area contributed by atoms with Crippen molar-refractivity contribution in [2.75, 3.05) is 0 Å². The zero-order valence-electron chi connectivity index (χ0n) is 18.1. The first-order valence-corrected chi connectivity index (χ1v) is 9.94. The summed E-state index contributed by atoms with van der Waals surface area (Å²) in [6.07, 6.45) is -5.30. The van der Waals surface area contributed by atoms with Gasteiger partial charge >= 0.3 is 6.18 Å². The molecule has 0 N–H and O–H groups in total. The molecule has 1 unspecified atom stereocenters. The van der Waals surface area contributed by atoms with Crippen LogP contribution < -0.4 is 5.56 Å². The third-order valence-corrected chi connectivity index (χ3v) is 5.59. The van der Waals surface area contributed by atoms with Crippen LogP contribution in [0, 0.1) is 32.1 Å². The Balaban J connectivity index is 2.38. The first kappa shape index (κ1) is 23.3. The molecular formula is C25H22F4N2O. The van der Waals surface area contributed by atoms with Gasteiger partial charge in [0.15, 0.2) is 0 Å². The van der Waals surface area contributed by atoms with Crippen molar-refractivity contribution in [1.82, 2.24) is 4.57 Å². The van der Waals surface area contributed by atoms with E-state index in [0.717, 1.165) is 28.3 Å². The molecule has 0 aliphatic carbocycles. The Morgan fingerprint density at radius 2 is 1.62 bits per heavy atom. The summed E-state index contributed by atoms with van der Waals surface area (Å²) in [5, 5.41) is 9.52. The van der Waals surface area contributed by atoms with Gasteiger partial charge in [-0.15, -0.1) is 0 Å². The van der Waals surface area contributed by atoms with Crippen LogP contribution in [-0.4, -0.2) is 10.7 Å². The predicted octanol–water partition coefficient (Wildman–Crippen LogP) is 6.11. The summed E-state index contributed by atoms with van der Waals surface area (Å²) in [6.45, 7) is 5.94. The van der Waals surface area contributed by atoms with Crippen LogP contribution in [0.25, 0.3) is 11.3 Å². The van der Waals surface area contributed by atoms with Crippen LogP contribution in [0.4, 0.5) is 17.6 Å². The summed E-state index contributed by atoms with van der Waals surface area (Å²) in [7, 11) is 0. The highest BCUT2D eigenvalue weighted by Crippen LogP contribution is 2.43. The summed E-state index contributed by atoms with van der Waals surface area (Å²) >= 11 is 0. The number of benzene rings is 2. The van der Waals surface area contributed by atoms with Crippen LogP contribution in [0.2, 0.25) is 0 Å². The molecule has 3 aromatic rings. The van der Waals surface area contributed by atoms with E-state index in [-0.39, 0.29) is 12.2 Å². The fourth-order valence-electron chi connectivity index (χ4n) is 3.67. The van der Waals surface area contributed by atoms with Gasteiger partial charge in [-0.25, -0.2) is 4.39 Å². The van der Waals surface area contributed by atoms with Gasteiger partial charge < -0.3 is 4.57 Å². The molecule has 32 heavy (non-hydrogen) atoms. The topological polar surface area (TPSA) is 45.8 Å². The highest BCUT2D eigenvalue weighted by atomic mass is 19.4. The molecule has 1 atom stereocenters. The molecule has 3 nitrogen and oxygen atoms in total. The second kappa shape index (κ2) is 8.27. The largest absolute Gasteiger partial charge is 0.426 e. The zero-order valence-corrected chi connectivity index (χ0v) is 18.1. The fourth-order valence-corrected chi connectivity index (χ4v) is 3.67. The molecule has 0 fully saturated rings. The lowest BCUT2D eigenvalue weighted by molar-refractivity contribution is -0.228. The SMILES string of the molecule is Cc1cccc(-c2cc(C(C)(F)C(F)(F)F)c(C#N)c(=O)n2Cc2ccc(C)cc2C)c1. The van der Waals surface area contributed by atoms with Gasteiger partial charge in [0.1, 0.15) is 11.6 Å². The molecule has 3 rings (SSSR count). The lowest BCUT2D eigenvalue weighted by Crippen LogP contribution is -2.39. The summed E-state index contributed by atoms with van der Waals surface area (Å²) in [4.78, 5) is 13.3. The van der Waals surface area contributed by atoms with Crippen molar-refractivity contribution in [3.05, 3.63) is 92.3 Å². The number of aromatic nitrogens is 1. The van der Waals surface area contributed by atoms with Crippen LogP contribution in [-0.2, 0) is 12.2 Å². The lowest BCUT2D eigenvalue weighted by Gasteiger charge is -2.26. The van der Waals surface area contributed by atoms with Crippen LogP contribution >= 0.6 is 0 Å². The normalized spacial score (nSPS) is 13.5. The van der Waals surface area contributed by atoms with Crippen LogP contribution in [0.5, 0.6) is 0 Å². The number of nitrogens with zero attached hydrogens (tertiary/aromatic N) is 2. The third kappa shape index (κ3) is 4.18. The van der Waals surface area contributed by atoms with Gasteiger partial charge in [-0.3, -0.25) is 4.79 Å². The Labute approximate surface area is 183 Å². The summed E-state index contributed by atoms with van der Waals surface area (Å²) < 4.78 is 56.7. The van der Waals surface area contributed by atoms with Crippen molar-refractivity contribution in [2.45, 2.75) is 46.1 Å². The summed E-state index contributed by atoms with van der Waals surface area (Å²) in [5.74, 6) is 0. The van der Waals surface area contributed by atoms with E-state index < -0.39 is 28.5 Å². The van der Waals surface area contributed by atoms with E-state index in [9.17, 15) is 27.6 Å². The standard InChI is InChI=1S/C25H22F4N2O/c1-15-6-5-7-18(11-15)22-12-21(24(4,26)25(27,28)29)20(13-30)23(32)31(22)14-19-9-8-16(2)10-17(19)3/h5-12H,14H2,1-4H3. The average molecular weight is 442 g/mol. The number of alkyl halides is 4. The minimum Gasteiger partial charge on any atom is -0.303 e. The molecule has 1 heterocycles. The van der Waals surface area contributed by atoms with Crippen LogP contribution in [0.1, 0.15) is 40.3 Å². The van der Waals surface area contributed by atoms with E-state index >= 15 is 0 Å². The number of pyridine rings is 1. The number of hydrogen-bond acceptors (Lipinski definition) is 2. The maximum Gasteiger partial charge on any atom is 0.426 e. The zero-order chi connectivity index (χ0) is 23.8. The second-order valence-electron chi connectivity index (χ2n) is 8.12. The van der Waals surface area contributed by atoms with Crippen molar-refractivity contribution >= 4 is 0 Å². The van der Waals surface area contributed by atoms with Crippen molar-refractivity contribution in [2.24, 2.45) is 0 Å². The summed E-state index contributed by atoms with van der Waals surface area (Å²) in [6, 6.07) is 14.9. The molecule has 0 amide bonds. The van der Waals surface area contributed by atoms with E-state index in [4.69, 9.17) is 0 Å². The molecule has 0 saturated heterocycles. The molecule has 0 aliphatic heterocycles. The molecule has 0 radical (unpaired) electrons. The first-order valence-electron chi connectivity index (χ1n) is 9.94. The molecular weight excluding hydrogens is 420 g/mol. The first-order chi connectivity index (χ1) is 14.9. The second-order valence-corrected chi connectivity index (χ2v) is 8.12. The number of hydrogen-bond donors (Lipinski definition) is 0. The van der Waals surface area contributed by atoms with Crippen LogP contribution in [0.3, 0.4) is 0 Å². The number of halogens is 4. The van der Waals surface area contributed by atoms with E-state index in [1.807, 2.05) is 32.0 Å². The molecule has 166 valence electrons. The average Bonchev–Trinajstić information content (AvgIpc) is 2.69. The number of rotatable bonds is 4. The van der Waals surface area contributed by atoms with E-state index in [2.05, 4.69) is 0 Å². The summed E-state index contributed by atoms with van der Waals surface area (Å²) in [5.41, 5.74) is -2.61. The Hall–Kier alpha value is -3.40. The van der Waals surface area contributed by atoms with Gasteiger partial charge in [-0.05, 0) is 56.5 Å². The number of nitriles is 1. The fraction of sp³-hybridized carbons (Fsp3) is 0.280. The Morgan fingerprint density at radius 3 is 2.19 bits per heavy atom. The minimum atomic E-state index is -5.30. The Morgan fingerprint density at radius 1 is 0.969 bits per heavy atom. The van der Waals surface area contributed by atoms with Gasteiger partial charge in [0.2, 0.25) is 5.67 Å². The third-order valence-electron chi connectivity index (χ3n) is 5.59. The quantitative estimate of drug-likeness (QED) is 0.458. The number of aryl methyl sites for hydroxylation is 3. The van der Waals surface area contributed by atoms with E-state index in [1.54, 1.807) is 31.2 Å². The maximum atomic E-state index is 15.0. The van der Waals surface area contributed by atoms with Crippen molar-refractivity contribution in [3.8, 4) is 17.3 Å². The Bertz CT molecular complexity index is 1280. The van der Waals surface area contributed by atoms with Crippen molar-refractivity contribution in [1.29, 1.82) is 5.26 Å². The van der Waals surface area contributed by atoms with Gasteiger partial charge in [0, 0.05) is 5.56 Å². The highest BCUT2D eigenvalue weighted by molar-refractivity contribution is 5.64. The van der Waals surface area contributed by atoms with Gasteiger partial charge in [-0.2, -0.15) is 18.4 Å². The lowest BCUT2D eigenvalue weighted by atomic mass is 9.91. The minimum absolute atomic E-state index is 0.0260. The molecule has 7 heteroatoms. The van der Waals surface area contributed by atoms with Crippen LogP contribution in [0.15, 0.2) is 53.3 Å². The monoisotopic (exact) mass is 442 g/mol. The molecule has 0 aliphatic rings. The Kier molecular flexibility index (Phi) is 6.01. The predicted molar refractivity (Wildman–Crippen MR) is 115 cm³/mol. The maximum absolute atomic E-state index is 15.0. The molecule has 0 bridgehead atoms. The van der Waals surface area contributed by atoms with Gasteiger partial charge in [-0.1, -0.05) is 47.5 Å². The molecule has 2 aromatic carbocycles.